The number of hydrogen-bond donors (Lipinski definition) is 1. The first kappa shape index (κ1) is 19.1. The van der Waals surface area contributed by atoms with Crippen molar-refractivity contribution in [3.05, 3.63) is 30.2 Å². The van der Waals surface area contributed by atoms with Crippen LogP contribution in [-0.2, 0) is 0 Å². The third kappa shape index (κ3) is 4.55. The minimum atomic E-state index is -4.13. The first-order chi connectivity index (χ1) is 12.9. The van der Waals surface area contributed by atoms with Crippen molar-refractivity contribution in [1.29, 1.82) is 0 Å². The molecule has 3 rings (SSSR count). The van der Waals surface area contributed by atoms with Gasteiger partial charge in [-0.15, -0.1) is 10.2 Å². The van der Waals surface area contributed by atoms with Crippen molar-refractivity contribution in [1.82, 2.24) is 25.3 Å². The molecule has 1 aliphatic carbocycles. The van der Waals surface area contributed by atoms with E-state index in [2.05, 4.69) is 20.6 Å². The molecule has 7 nitrogen and oxygen atoms in total. The van der Waals surface area contributed by atoms with Crippen LogP contribution < -0.4 is 10.1 Å². The average molecular weight is 383 g/mol. The van der Waals surface area contributed by atoms with Gasteiger partial charge in [0, 0.05) is 25.0 Å². The maximum atomic E-state index is 12.7. The van der Waals surface area contributed by atoms with Crippen molar-refractivity contribution >= 4 is 5.91 Å². The van der Waals surface area contributed by atoms with Crippen LogP contribution in [0.2, 0.25) is 0 Å². The molecule has 146 valence electrons. The number of alkyl halides is 3. The molecule has 0 saturated heterocycles. The summed E-state index contributed by atoms with van der Waals surface area (Å²) in [5.74, 6) is -1.03. The molecule has 1 saturated carbocycles. The standard InChI is InChI=1S/C17H20F3N5O2/c1-27-13-9-14(25-8-2-7-22-25)23-24-15(13)16(26)21-10-11-3-5-12(6-4-11)17(18,19)20/h2,7-9,11-12H,3-6,10H2,1H3,(H,21,26). The molecular formula is C17H20F3N5O2. The summed E-state index contributed by atoms with van der Waals surface area (Å²) in [6.45, 7) is 0.301. The third-order valence-electron chi connectivity index (χ3n) is 4.78. The molecule has 0 aromatic carbocycles. The van der Waals surface area contributed by atoms with Crippen LogP contribution in [0.3, 0.4) is 0 Å². The zero-order valence-electron chi connectivity index (χ0n) is 14.7. The maximum Gasteiger partial charge on any atom is 0.391 e. The van der Waals surface area contributed by atoms with Crippen LogP contribution in [0.4, 0.5) is 13.2 Å². The Morgan fingerprint density at radius 1 is 1.30 bits per heavy atom. The minimum absolute atomic E-state index is 0.0230. The Morgan fingerprint density at radius 3 is 2.63 bits per heavy atom. The second-order valence-electron chi connectivity index (χ2n) is 6.54. The van der Waals surface area contributed by atoms with Crippen molar-refractivity contribution in [2.45, 2.75) is 31.9 Å². The smallest absolute Gasteiger partial charge is 0.391 e. The van der Waals surface area contributed by atoms with Gasteiger partial charge in [0.2, 0.25) is 0 Å². The van der Waals surface area contributed by atoms with E-state index in [1.807, 2.05) is 0 Å². The Bertz CT molecular complexity index is 771. The van der Waals surface area contributed by atoms with Gasteiger partial charge in [-0.05, 0) is 37.7 Å². The molecular weight excluding hydrogens is 363 g/mol. The topological polar surface area (TPSA) is 81.9 Å². The fourth-order valence-corrected chi connectivity index (χ4v) is 3.21. The van der Waals surface area contributed by atoms with E-state index in [1.165, 1.54) is 11.8 Å². The zero-order valence-corrected chi connectivity index (χ0v) is 14.7. The van der Waals surface area contributed by atoms with Gasteiger partial charge in [0.25, 0.3) is 5.91 Å². The highest BCUT2D eigenvalue weighted by Crippen LogP contribution is 2.39. The Morgan fingerprint density at radius 2 is 2.04 bits per heavy atom. The first-order valence-corrected chi connectivity index (χ1v) is 8.65. The molecule has 1 aliphatic rings. The van der Waals surface area contributed by atoms with E-state index in [0.29, 0.717) is 25.2 Å². The normalized spacial score (nSPS) is 20.3. The predicted octanol–water partition coefficient (Wildman–Crippen LogP) is 2.77. The highest BCUT2D eigenvalue weighted by atomic mass is 19.4. The number of hydrogen-bond acceptors (Lipinski definition) is 5. The molecule has 2 aromatic heterocycles. The summed E-state index contributed by atoms with van der Waals surface area (Å²) in [5.41, 5.74) is 0.0254. The number of carbonyl (C=O) groups excluding carboxylic acids is 1. The fraction of sp³-hybridized carbons (Fsp3) is 0.529. The molecule has 0 unspecified atom stereocenters. The fourth-order valence-electron chi connectivity index (χ4n) is 3.21. The second kappa shape index (κ2) is 7.93. The van der Waals surface area contributed by atoms with Crippen LogP contribution >= 0.6 is 0 Å². The molecule has 27 heavy (non-hydrogen) atoms. The average Bonchev–Trinajstić information content (AvgIpc) is 3.20. The highest BCUT2D eigenvalue weighted by Gasteiger charge is 2.41. The molecule has 0 aliphatic heterocycles. The van der Waals surface area contributed by atoms with Crippen molar-refractivity contribution in [3.63, 3.8) is 0 Å². The number of ether oxygens (including phenoxy) is 1. The van der Waals surface area contributed by atoms with Gasteiger partial charge in [-0.3, -0.25) is 4.79 Å². The Balaban J connectivity index is 1.58. The van der Waals surface area contributed by atoms with E-state index >= 15 is 0 Å². The molecule has 2 heterocycles. The summed E-state index contributed by atoms with van der Waals surface area (Å²) in [5, 5.41) is 14.6. The highest BCUT2D eigenvalue weighted by molar-refractivity contribution is 5.94. The molecule has 1 fully saturated rings. The molecule has 1 amide bonds. The van der Waals surface area contributed by atoms with Crippen molar-refractivity contribution < 1.29 is 22.7 Å². The van der Waals surface area contributed by atoms with Crippen molar-refractivity contribution in [3.8, 4) is 11.6 Å². The molecule has 2 aromatic rings. The minimum Gasteiger partial charge on any atom is -0.494 e. The quantitative estimate of drug-likeness (QED) is 0.859. The van der Waals surface area contributed by atoms with E-state index in [4.69, 9.17) is 4.74 Å². The number of rotatable bonds is 5. The molecule has 1 N–H and O–H groups in total. The van der Waals surface area contributed by atoms with Gasteiger partial charge in [0.05, 0.1) is 13.0 Å². The largest absolute Gasteiger partial charge is 0.494 e. The maximum absolute atomic E-state index is 12.7. The second-order valence-corrected chi connectivity index (χ2v) is 6.54. The van der Waals surface area contributed by atoms with Gasteiger partial charge >= 0.3 is 6.18 Å². The molecule has 0 radical (unpaired) electrons. The number of nitrogens with zero attached hydrogens (tertiary/aromatic N) is 4. The lowest BCUT2D eigenvalue weighted by Gasteiger charge is -2.29. The van der Waals surface area contributed by atoms with Crippen LogP contribution in [0.1, 0.15) is 36.2 Å². The monoisotopic (exact) mass is 383 g/mol. The van der Waals surface area contributed by atoms with Crippen LogP contribution in [0.5, 0.6) is 5.75 Å². The summed E-state index contributed by atoms with van der Waals surface area (Å²) < 4.78 is 44.9. The third-order valence-corrected chi connectivity index (χ3v) is 4.78. The summed E-state index contributed by atoms with van der Waals surface area (Å²) >= 11 is 0. The molecule has 10 heteroatoms. The van der Waals surface area contributed by atoms with Gasteiger partial charge in [0.1, 0.15) is 0 Å². The number of carbonyl (C=O) groups is 1. The zero-order chi connectivity index (χ0) is 19.4. The van der Waals surface area contributed by atoms with Gasteiger partial charge < -0.3 is 10.1 Å². The predicted molar refractivity (Wildman–Crippen MR) is 89.5 cm³/mol. The molecule has 0 bridgehead atoms. The van der Waals surface area contributed by atoms with Crippen LogP contribution in [0.25, 0.3) is 5.82 Å². The lowest BCUT2D eigenvalue weighted by molar-refractivity contribution is -0.183. The van der Waals surface area contributed by atoms with Gasteiger partial charge in [-0.25, -0.2) is 4.68 Å². The molecule has 0 spiro atoms. The van der Waals surface area contributed by atoms with Crippen molar-refractivity contribution in [2.75, 3.05) is 13.7 Å². The summed E-state index contributed by atoms with van der Waals surface area (Å²) in [4.78, 5) is 12.4. The Kier molecular flexibility index (Phi) is 5.62. The summed E-state index contributed by atoms with van der Waals surface area (Å²) in [6, 6.07) is 3.27. The summed E-state index contributed by atoms with van der Waals surface area (Å²) in [7, 11) is 1.42. The van der Waals surface area contributed by atoms with Crippen LogP contribution in [0, 0.1) is 11.8 Å². The van der Waals surface area contributed by atoms with Gasteiger partial charge in [-0.1, -0.05) is 0 Å². The number of nitrogens with one attached hydrogen (secondary N) is 1. The van der Waals surface area contributed by atoms with Crippen LogP contribution in [0.15, 0.2) is 24.5 Å². The van der Waals surface area contributed by atoms with E-state index in [9.17, 15) is 18.0 Å². The SMILES string of the molecule is COc1cc(-n2cccn2)nnc1C(=O)NCC1CCC(C(F)(F)F)CC1. The van der Waals surface area contributed by atoms with E-state index in [-0.39, 0.29) is 30.2 Å². The lowest BCUT2D eigenvalue weighted by atomic mass is 9.81. The Hall–Kier alpha value is -2.65. The molecule has 0 atom stereocenters. The van der Waals surface area contributed by atoms with Gasteiger partial charge in [-0.2, -0.15) is 18.3 Å². The number of aromatic nitrogens is 4. The Labute approximate surface area is 153 Å². The first-order valence-electron chi connectivity index (χ1n) is 8.65. The number of amides is 1. The van der Waals surface area contributed by atoms with E-state index < -0.39 is 18.0 Å². The number of methoxy groups -OCH3 is 1. The van der Waals surface area contributed by atoms with Crippen LogP contribution in [-0.4, -0.2) is 45.7 Å². The lowest BCUT2D eigenvalue weighted by Crippen LogP contribution is -2.34. The van der Waals surface area contributed by atoms with E-state index in [0.717, 1.165) is 0 Å². The van der Waals surface area contributed by atoms with Gasteiger partial charge in [0.15, 0.2) is 17.3 Å². The summed E-state index contributed by atoms with van der Waals surface area (Å²) in [6.07, 6.45) is 0.213. The number of halogens is 3. The van der Waals surface area contributed by atoms with Crippen molar-refractivity contribution in [2.24, 2.45) is 11.8 Å². The van der Waals surface area contributed by atoms with E-state index in [1.54, 1.807) is 24.5 Å².